The van der Waals surface area contributed by atoms with E-state index in [1.54, 1.807) is 31.3 Å². The summed E-state index contributed by atoms with van der Waals surface area (Å²) in [7, 11) is 1.71. The maximum atomic E-state index is 12.1. The molecule has 1 aromatic carbocycles. The summed E-state index contributed by atoms with van der Waals surface area (Å²) in [5, 5.41) is 14.8. The number of benzene rings is 1. The van der Waals surface area contributed by atoms with E-state index in [4.69, 9.17) is 11.6 Å². The van der Waals surface area contributed by atoms with E-state index in [0.29, 0.717) is 27.3 Å². The summed E-state index contributed by atoms with van der Waals surface area (Å²) in [5.41, 5.74) is 0.947. The van der Waals surface area contributed by atoms with Gasteiger partial charge in [0.25, 0.3) is 0 Å². The van der Waals surface area contributed by atoms with Crippen molar-refractivity contribution in [2.75, 3.05) is 0 Å². The van der Waals surface area contributed by atoms with Crippen molar-refractivity contribution in [3.05, 3.63) is 45.7 Å². The molecule has 0 aliphatic rings. The third-order valence-corrected chi connectivity index (χ3v) is 3.35. The van der Waals surface area contributed by atoms with Crippen molar-refractivity contribution in [1.29, 1.82) is 0 Å². The van der Waals surface area contributed by atoms with Crippen molar-refractivity contribution in [2.24, 2.45) is 7.05 Å². The van der Waals surface area contributed by atoms with Crippen LogP contribution in [0.3, 0.4) is 0 Å². The quantitative estimate of drug-likeness (QED) is 0.716. The van der Waals surface area contributed by atoms with E-state index in [-0.39, 0.29) is 5.75 Å². The van der Waals surface area contributed by atoms with Gasteiger partial charge in [0, 0.05) is 12.6 Å². The fourth-order valence-corrected chi connectivity index (χ4v) is 2.26. The van der Waals surface area contributed by atoms with Crippen molar-refractivity contribution in [3.8, 4) is 17.0 Å². The number of aromatic nitrogens is 3. The van der Waals surface area contributed by atoms with E-state index in [1.165, 1.54) is 10.9 Å². The maximum absolute atomic E-state index is 12.1. The van der Waals surface area contributed by atoms with Gasteiger partial charge in [0.2, 0.25) is 5.43 Å². The molecule has 2 aromatic heterocycles. The number of rotatable bonds is 1. The van der Waals surface area contributed by atoms with Crippen LogP contribution in [0.4, 0.5) is 0 Å². The van der Waals surface area contributed by atoms with E-state index in [2.05, 4.69) is 10.1 Å². The van der Waals surface area contributed by atoms with Crippen LogP contribution in [0.25, 0.3) is 22.3 Å². The van der Waals surface area contributed by atoms with Crippen molar-refractivity contribution < 1.29 is 5.11 Å². The van der Waals surface area contributed by atoms with Gasteiger partial charge in [-0.2, -0.15) is 5.10 Å². The number of hydrogen-bond acceptors (Lipinski definition) is 3. The largest absolute Gasteiger partial charge is 0.503 e. The smallest absolute Gasteiger partial charge is 0.234 e. The molecule has 0 amide bonds. The lowest BCUT2D eigenvalue weighted by Gasteiger charge is -2.07. The molecular formula is C13H10ClN3O2. The average molecular weight is 276 g/mol. The highest BCUT2D eigenvalue weighted by Crippen LogP contribution is 2.31. The lowest BCUT2D eigenvalue weighted by Crippen LogP contribution is -2.05. The molecule has 0 unspecified atom stereocenters. The molecule has 0 spiro atoms. The summed E-state index contributed by atoms with van der Waals surface area (Å²) in [6, 6.07) is 6.99. The Kier molecular flexibility index (Phi) is 2.57. The van der Waals surface area contributed by atoms with Crippen LogP contribution < -0.4 is 5.43 Å². The topological polar surface area (TPSA) is 70.9 Å². The summed E-state index contributed by atoms with van der Waals surface area (Å²) in [4.78, 5) is 15.1. The Bertz CT molecular complexity index is 836. The van der Waals surface area contributed by atoms with Crippen LogP contribution in [0.1, 0.15) is 0 Å². The molecule has 5 nitrogen and oxygen atoms in total. The zero-order valence-corrected chi connectivity index (χ0v) is 10.8. The fraction of sp³-hybridized carbons (Fsp3) is 0.0769. The number of nitrogens with one attached hydrogen (secondary N) is 1. The molecule has 19 heavy (non-hydrogen) atoms. The van der Waals surface area contributed by atoms with Crippen LogP contribution in [0, 0.1) is 0 Å². The minimum absolute atomic E-state index is 0.298. The zero-order valence-electron chi connectivity index (χ0n) is 10.0. The van der Waals surface area contributed by atoms with E-state index in [1.807, 2.05) is 0 Å². The van der Waals surface area contributed by atoms with Crippen molar-refractivity contribution >= 4 is 22.6 Å². The average Bonchev–Trinajstić information content (AvgIpc) is 2.77. The molecule has 0 atom stereocenters. The van der Waals surface area contributed by atoms with E-state index in [0.717, 1.165) is 0 Å². The molecule has 0 radical (unpaired) electrons. The van der Waals surface area contributed by atoms with Crippen LogP contribution in [0.2, 0.25) is 5.02 Å². The van der Waals surface area contributed by atoms with Gasteiger partial charge in [0.15, 0.2) is 5.75 Å². The second-order valence-electron chi connectivity index (χ2n) is 4.19. The number of fused-ring (bicyclic) bond motifs is 1. The first kappa shape index (κ1) is 11.8. The van der Waals surface area contributed by atoms with Gasteiger partial charge in [-0.15, -0.1) is 0 Å². The minimum atomic E-state index is -0.461. The van der Waals surface area contributed by atoms with Gasteiger partial charge in [-0.1, -0.05) is 29.8 Å². The lowest BCUT2D eigenvalue weighted by molar-refractivity contribution is 0.471. The lowest BCUT2D eigenvalue weighted by atomic mass is 10.1. The van der Waals surface area contributed by atoms with Crippen LogP contribution in [-0.4, -0.2) is 19.9 Å². The molecule has 0 aliphatic heterocycles. The molecule has 3 rings (SSSR count). The van der Waals surface area contributed by atoms with Gasteiger partial charge in [-0.05, 0) is 6.07 Å². The summed E-state index contributed by atoms with van der Waals surface area (Å²) < 4.78 is 1.54. The third-order valence-electron chi connectivity index (χ3n) is 3.02. The molecule has 3 aromatic rings. The summed E-state index contributed by atoms with van der Waals surface area (Å²) in [6.45, 7) is 0. The fourth-order valence-electron chi connectivity index (χ4n) is 2.03. The predicted molar refractivity (Wildman–Crippen MR) is 73.4 cm³/mol. The monoisotopic (exact) mass is 275 g/mol. The molecular weight excluding hydrogens is 266 g/mol. The van der Waals surface area contributed by atoms with E-state index < -0.39 is 5.43 Å². The normalized spacial score (nSPS) is 11.1. The van der Waals surface area contributed by atoms with Crippen LogP contribution >= 0.6 is 11.6 Å². The number of aryl methyl sites for hydroxylation is 1. The highest BCUT2D eigenvalue weighted by Gasteiger charge is 2.16. The highest BCUT2D eigenvalue weighted by atomic mass is 35.5. The van der Waals surface area contributed by atoms with Gasteiger partial charge < -0.3 is 10.1 Å². The number of aromatic amines is 1. The number of hydrogen-bond donors (Lipinski definition) is 2. The second kappa shape index (κ2) is 4.13. The van der Waals surface area contributed by atoms with Crippen LogP contribution in [-0.2, 0) is 7.05 Å². The SMILES string of the molecule is Cn1ncc2c(=O)c(O)c(-c3ccccc3Cl)[nH]c21. The molecule has 0 bridgehead atoms. The first-order valence-corrected chi connectivity index (χ1v) is 5.99. The number of H-pyrrole nitrogens is 1. The first-order valence-electron chi connectivity index (χ1n) is 5.61. The Hall–Kier alpha value is -2.27. The molecule has 0 saturated carbocycles. The molecule has 0 aliphatic carbocycles. The van der Waals surface area contributed by atoms with Gasteiger partial charge in [0.1, 0.15) is 5.65 Å². The van der Waals surface area contributed by atoms with Crippen LogP contribution in [0.5, 0.6) is 5.75 Å². The molecule has 0 fully saturated rings. The second-order valence-corrected chi connectivity index (χ2v) is 4.60. The van der Waals surface area contributed by atoms with E-state index in [9.17, 15) is 9.90 Å². The Morgan fingerprint density at radius 1 is 1.37 bits per heavy atom. The van der Waals surface area contributed by atoms with Crippen molar-refractivity contribution in [1.82, 2.24) is 14.8 Å². The number of nitrogens with zero attached hydrogens (tertiary/aromatic N) is 2. The van der Waals surface area contributed by atoms with Gasteiger partial charge in [-0.3, -0.25) is 9.48 Å². The van der Waals surface area contributed by atoms with Gasteiger partial charge in [-0.25, -0.2) is 0 Å². The molecule has 6 heteroatoms. The minimum Gasteiger partial charge on any atom is -0.503 e. The van der Waals surface area contributed by atoms with Crippen molar-refractivity contribution in [3.63, 3.8) is 0 Å². The highest BCUT2D eigenvalue weighted by molar-refractivity contribution is 6.33. The molecule has 2 heterocycles. The number of aromatic hydroxyl groups is 1. The number of halogens is 1. The summed E-state index contributed by atoms with van der Waals surface area (Å²) in [5.74, 6) is -0.353. The number of pyridine rings is 1. The van der Waals surface area contributed by atoms with Gasteiger partial charge in [0.05, 0.1) is 22.3 Å². The van der Waals surface area contributed by atoms with E-state index >= 15 is 0 Å². The first-order chi connectivity index (χ1) is 9.09. The third kappa shape index (κ3) is 1.70. The predicted octanol–water partition coefficient (Wildman–Crippen LogP) is 2.29. The molecule has 2 N–H and O–H groups in total. The Morgan fingerprint density at radius 2 is 2.11 bits per heavy atom. The summed E-state index contributed by atoms with van der Waals surface area (Å²) in [6.07, 6.45) is 1.42. The van der Waals surface area contributed by atoms with Crippen molar-refractivity contribution in [2.45, 2.75) is 0 Å². The summed E-state index contributed by atoms with van der Waals surface area (Å²) >= 11 is 6.09. The maximum Gasteiger partial charge on any atom is 0.234 e. The zero-order chi connectivity index (χ0) is 13.6. The standard InChI is InChI=1S/C13H10ClN3O2/c1-17-13-8(6-15-17)11(18)12(19)10(16-13)7-4-2-3-5-9(7)14/h2-6,19H,1H3,(H,16,18). The Labute approximate surface area is 113 Å². The Balaban J connectivity index is 2.42. The molecule has 0 saturated heterocycles. The molecule has 96 valence electrons. The van der Waals surface area contributed by atoms with Crippen LogP contribution in [0.15, 0.2) is 35.3 Å². The van der Waals surface area contributed by atoms with Gasteiger partial charge >= 0.3 is 0 Å². The Morgan fingerprint density at radius 3 is 2.84 bits per heavy atom.